The number of esters is 1. The maximum Gasteiger partial charge on any atom is 0.324 e. The molecule has 5 rings (SSSR count). The van der Waals surface area contributed by atoms with Crippen molar-refractivity contribution in [1.82, 2.24) is 0 Å². The van der Waals surface area contributed by atoms with Crippen LogP contribution in [0.4, 0.5) is 0 Å². The SMILES string of the molecule is CCC1(OC(=O)C2(C(=O)O)CCCC2)C2CC3CC(C2)CC1C3. The van der Waals surface area contributed by atoms with Crippen molar-refractivity contribution in [3.63, 3.8) is 0 Å². The van der Waals surface area contributed by atoms with E-state index in [1.54, 1.807) is 0 Å². The fourth-order valence-electron chi connectivity index (χ4n) is 6.55. The lowest BCUT2D eigenvalue weighted by atomic mass is 9.49. The third-order valence-corrected chi connectivity index (χ3v) is 7.61. The largest absolute Gasteiger partial charge is 0.480 e. The predicted molar refractivity (Wildman–Crippen MR) is 84.7 cm³/mol. The molecule has 0 aliphatic heterocycles. The van der Waals surface area contributed by atoms with Gasteiger partial charge in [-0.05, 0) is 75.0 Å². The second-order valence-corrected chi connectivity index (χ2v) is 8.60. The molecule has 0 heterocycles. The van der Waals surface area contributed by atoms with Crippen LogP contribution in [0, 0.1) is 29.1 Å². The maximum absolute atomic E-state index is 13.0. The van der Waals surface area contributed by atoms with Gasteiger partial charge in [0, 0.05) is 0 Å². The normalized spacial score (nSPS) is 43.5. The highest BCUT2D eigenvalue weighted by molar-refractivity contribution is 5.99. The number of rotatable bonds is 4. The van der Waals surface area contributed by atoms with Crippen LogP contribution in [0.2, 0.25) is 0 Å². The molecule has 5 saturated carbocycles. The second kappa shape index (κ2) is 5.22. The van der Waals surface area contributed by atoms with Crippen molar-refractivity contribution in [2.24, 2.45) is 29.1 Å². The van der Waals surface area contributed by atoms with Crippen LogP contribution in [0.15, 0.2) is 0 Å². The minimum absolute atomic E-state index is 0.379. The lowest BCUT2D eigenvalue weighted by molar-refractivity contribution is -0.220. The molecule has 0 atom stereocenters. The molecule has 1 N–H and O–H groups in total. The lowest BCUT2D eigenvalue weighted by Gasteiger charge is -2.60. The number of hydrogen-bond acceptors (Lipinski definition) is 3. The molecular formula is C19H28O4. The van der Waals surface area contributed by atoms with Gasteiger partial charge >= 0.3 is 11.9 Å². The number of carbonyl (C=O) groups is 2. The Labute approximate surface area is 138 Å². The highest BCUT2D eigenvalue weighted by Gasteiger charge is 2.61. The van der Waals surface area contributed by atoms with Gasteiger partial charge in [-0.15, -0.1) is 0 Å². The Hall–Kier alpha value is -1.06. The van der Waals surface area contributed by atoms with Crippen molar-refractivity contribution in [3.8, 4) is 0 Å². The van der Waals surface area contributed by atoms with Crippen LogP contribution in [0.25, 0.3) is 0 Å². The van der Waals surface area contributed by atoms with E-state index in [1.165, 1.54) is 32.1 Å². The van der Waals surface area contributed by atoms with Gasteiger partial charge in [-0.1, -0.05) is 19.8 Å². The third kappa shape index (κ3) is 2.09. The van der Waals surface area contributed by atoms with Crippen LogP contribution >= 0.6 is 0 Å². The maximum atomic E-state index is 13.0. The zero-order valence-electron chi connectivity index (χ0n) is 14.1. The van der Waals surface area contributed by atoms with E-state index < -0.39 is 17.4 Å². The lowest BCUT2D eigenvalue weighted by Crippen LogP contribution is -2.60. The summed E-state index contributed by atoms with van der Waals surface area (Å²) in [5, 5.41) is 9.67. The van der Waals surface area contributed by atoms with Crippen molar-refractivity contribution >= 4 is 11.9 Å². The molecule has 0 aromatic carbocycles. The van der Waals surface area contributed by atoms with Crippen LogP contribution < -0.4 is 0 Å². The van der Waals surface area contributed by atoms with E-state index in [0.717, 1.165) is 31.1 Å². The van der Waals surface area contributed by atoms with Gasteiger partial charge in [-0.25, -0.2) is 0 Å². The average Bonchev–Trinajstić information content (AvgIpc) is 3.01. The van der Waals surface area contributed by atoms with Gasteiger partial charge in [0.1, 0.15) is 5.60 Å². The summed E-state index contributed by atoms with van der Waals surface area (Å²) in [6.45, 7) is 2.12. The Balaban J connectivity index is 1.61. The Morgan fingerprint density at radius 3 is 1.96 bits per heavy atom. The number of ether oxygens (including phenoxy) is 1. The minimum Gasteiger partial charge on any atom is -0.480 e. The first-order chi connectivity index (χ1) is 11.0. The van der Waals surface area contributed by atoms with Gasteiger partial charge in [0.15, 0.2) is 5.41 Å². The number of hydrogen-bond donors (Lipinski definition) is 1. The smallest absolute Gasteiger partial charge is 0.324 e. The summed E-state index contributed by atoms with van der Waals surface area (Å²) >= 11 is 0. The third-order valence-electron chi connectivity index (χ3n) is 7.61. The van der Waals surface area contributed by atoms with E-state index in [1.807, 2.05) is 0 Å². The summed E-state index contributed by atoms with van der Waals surface area (Å²) in [5.41, 5.74) is -1.65. The molecule has 0 amide bonds. The number of carboxylic acids is 1. The Morgan fingerprint density at radius 2 is 1.52 bits per heavy atom. The summed E-state index contributed by atoms with van der Waals surface area (Å²) < 4.78 is 6.19. The Morgan fingerprint density at radius 1 is 1.00 bits per heavy atom. The molecule has 128 valence electrons. The summed E-state index contributed by atoms with van der Waals surface area (Å²) in [6.07, 6.45) is 9.42. The minimum atomic E-state index is -1.27. The summed E-state index contributed by atoms with van der Waals surface area (Å²) in [7, 11) is 0. The van der Waals surface area contributed by atoms with Crippen molar-refractivity contribution < 1.29 is 19.4 Å². The number of aliphatic carboxylic acids is 1. The van der Waals surface area contributed by atoms with Gasteiger partial charge in [-0.3, -0.25) is 9.59 Å². The first-order valence-corrected chi connectivity index (χ1v) is 9.47. The molecule has 4 heteroatoms. The molecule has 5 aliphatic carbocycles. The van der Waals surface area contributed by atoms with E-state index in [4.69, 9.17) is 4.74 Å². The highest BCUT2D eigenvalue weighted by Crippen LogP contribution is 2.61. The molecule has 0 radical (unpaired) electrons. The zero-order valence-corrected chi connectivity index (χ0v) is 14.1. The van der Waals surface area contributed by atoms with E-state index in [9.17, 15) is 14.7 Å². The molecule has 0 aromatic rings. The van der Waals surface area contributed by atoms with Crippen LogP contribution in [-0.4, -0.2) is 22.6 Å². The van der Waals surface area contributed by atoms with Gasteiger partial charge in [0.05, 0.1) is 0 Å². The van der Waals surface area contributed by atoms with Crippen molar-refractivity contribution in [2.45, 2.75) is 76.7 Å². The summed E-state index contributed by atoms with van der Waals surface area (Å²) in [4.78, 5) is 24.8. The first kappa shape index (κ1) is 15.5. The number of carboxylic acid groups (broad SMARTS) is 1. The molecule has 23 heavy (non-hydrogen) atoms. The summed E-state index contributed by atoms with van der Waals surface area (Å²) in [5.74, 6) is 1.14. The van der Waals surface area contributed by atoms with E-state index in [2.05, 4.69) is 6.92 Å². The predicted octanol–water partition coefficient (Wildman–Crippen LogP) is 3.78. The molecule has 0 saturated heterocycles. The van der Waals surface area contributed by atoms with E-state index in [0.29, 0.717) is 24.7 Å². The second-order valence-electron chi connectivity index (χ2n) is 8.60. The van der Waals surface area contributed by atoms with Gasteiger partial charge in [-0.2, -0.15) is 0 Å². The van der Waals surface area contributed by atoms with Gasteiger partial charge in [0.2, 0.25) is 0 Å². The highest BCUT2D eigenvalue weighted by atomic mass is 16.6. The van der Waals surface area contributed by atoms with Crippen molar-refractivity contribution in [3.05, 3.63) is 0 Å². The Kier molecular flexibility index (Phi) is 3.51. The van der Waals surface area contributed by atoms with Crippen LogP contribution in [0.5, 0.6) is 0 Å². The zero-order chi connectivity index (χ0) is 16.2. The molecular weight excluding hydrogens is 292 g/mol. The first-order valence-electron chi connectivity index (χ1n) is 9.47. The quantitative estimate of drug-likeness (QED) is 0.632. The van der Waals surface area contributed by atoms with E-state index >= 15 is 0 Å². The van der Waals surface area contributed by atoms with E-state index in [-0.39, 0.29) is 5.60 Å². The molecule has 5 fully saturated rings. The topological polar surface area (TPSA) is 63.6 Å². The molecule has 4 bridgehead atoms. The monoisotopic (exact) mass is 320 g/mol. The van der Waals surface area contributed by atoms with Crippen molar-refractivity contribution in [2.75, 3.05) is 0 Å². The van der Waals surface area contributed by atoms with Gasteiger partial charge in [0.25, 0.3) is 0 Å². The van der Waals surface area contributed by atoms with Crippen LogP contribution in [0.1, 0.15) is 71.1 Å². The average molecular weight is 320 g/mol. The van der Waals surface area contributed by atoms with Crippen molar-refractivity contribution in [1.29, 1.82) is 0 Å². The van der Waals surface area contributed by atoms with Gasteiger partial charge < -0.3 is 9.84 Å². The number of carbonyl (C=O) groups excluding carboxylic acids is 1. The van der Waals surface area contributed by atoms with Crippen LogP contribution in [-0.2, 0) is 14.3 Å². The molecule has 0 unspecified atom stereocenters. The fourth-order valence-corrected chi connectivity index (χ4v) is 6.55. The van der Waals surface area contributed by atoms with Crippen LogP contribution in [0.3, 0.4) is 0 Å². The molecule has 5 aliphatic rings. The fraction of sp³-hybridized carbons (Fsp3) is 0.895. The summed E-state index contributed by atoms with van der Waals surface area (Å²) in [6, 6.07) is 0. The molecule has 0 aromatic heterocycles. The Bertz CT molecular complexity index is 489. The molecule has 0 spiro atoms. The standard InChI is InChI=1S/C19H28O4/c1-2-19(14-8-12-7-13(10-14)11-15(19)9-12)23-17(22)18(16(20)21)5-3-4-6-18/h12-15H,2-11H2,1H3,(H,20,21). The molecule has 4 nitrogen and oxygen atoms in total.